The molecular formula is C32H50O8S. The van der Waals surface area contributed by atoms with Gasteiger partial charge in [0.2, 0.25) is 0 Å². The maximum absolute atomic E-state index is 12.5. The number of esters is 1. The Hall–Kier alpha value is -1.52. The monoisotopic (exact) mass is 594 g/mol. The molecule has 1 saturated carbocycles. The molecule has 41 heavy (non-hydrogen) atoms. The normalized spacial score (nSPS) is 39.0. The lowest BCUT2D eigenvalue weighted by Crippen LogP contribution is -2.63. The molecule has 4 rings (SSSR count). The van der Waals surface area contributed by atoms with Crippen LogP contribution >= 0.6 is 0 Å². The molecule has 4 aliphatic carbocycles. The van der Waals surface area contributed by atoms with E-state index in [0.29, 0.717) is 24.7 Å². The van der Waals surface area contributed by atoms with Crippen molar-refractivity contribution in [2.24, 2.45) is 39.9 Å². The van der Waals surface area contributed by atoms with E-state index < -0.39 is 57.0 Å². The Morgan fingerprint density at radius 2 is 1.78 bits per heavy atom. The van der Waals surface area contributed by atoms with Gasteiger partial charge in [0.25, 0.3) is 0 Å². The number of hydrogen-bond acceptors (Lipinski definition) is 7. The molecule has 0 amide bonds. The molecule has 3 N–H and O–H groups in total. The number of allylic oxidation sites excluding steroid dienone is 3. The van der Waals surface area contributed by atoms with Gasteiger partial charge in [0.15, 0.2) is 0 Å². The van der Waals surface area contributed by atoms with Crippen molar-refractivity contribution >= 4 is 16.4 Å². The molecule has 0 aromatic rings. The number of carbonyl (C=O) groups is 1. The second kappa shape index (κ2) is 10.9. The number of rotatable bonds is 8. The molecule has 0 radical (unpaired) electrons. The van der Waals surface area contributed by atoms with Gasteiger partial charge in [-0.15, -0.1) is 0 Å². The number of ether oxygens (including phenoxy) is 1. The summed E-state index contributed by atoms with van der Waals surface area (Å²) in [5.74, 6) is 0.267. The van der Waals surface area contributed by atoms with E-state index in [4.69, 9.17) is 8.92 Å². The zero-order chi connectivity index (χ0) is 30.9. The van der Waals surface area contributed by atoms with Crippen molar-refractivity contribution in [1.82, 2.24) is 0 Å². The zero-order valence-electron chi connectivity index (χ0n) is 25.9. The third-order valence-corrected chi connectivity index (χ3v) is 11.8. The summed E-state index contributed by atoms with van der Waals surface area (Å²) in [5.41, 5.74) is 2.08. The fraction of sp³-hybridized carbons (Fsp3) is 0.781. The highest BCUT2D eigenvalue weighted by Crippen LogP contribution is 2.67. The van der Waals surface area contributed by atoms with Crippen LogP contribution in [0.2, 0.25) is 0 Å². The van der Waals surface area contributed by atoms with Gasteiger partial charge in [-0.25, -0.2) is 4.18 Å². The Morgan fingerprint density at radius 1 is 1.15 bits per heavy atom. The minimum Gasteiger partial charge on any atom is -0.458 e. The van der Waals surface area contributed by atoms with E-state index >= 15 is 0 Å². The van der Waals surface area contributed by atoms with Gasteiger partial charge in [-0.1, -0.05) is 66.7 Å². The second-order valence-corrected chi connectivity index (χ2v) is 15.5. The molecule has 2 unspecified atom stereocenters. The zero-order valence-corrected chi connectivity index (χ0v) is 26.8. The van der Waals surface area contributed by atoms with Crippen LogP contribution < -0.4 is 0 Å². The summed E-state index contributed by atoms with van der Waals surface area (Å²) in [6.07, 6.45) is 2.28. The summed E-state index contributed by atoms with van der Waals surface area (Å²) >= 11 is 0. The Bertz CT molecular complexity index is 1250. The van der Waals surface area contributed by atoms with Gasteiger partial charge in [0, 0.05) is 12.3 Å². The molecule has 9 heteroatoms. The van der Waals surface area contributed by atoms with Gasteiger partial charge in [-0.2, -0.15) is 8.42 Å². The first-order valence-corrected chi connectivity index (χ1v) is 16.4. The maximum Gasteiger partial charge on any atom is 0.397 e. The van der Waals surface area contributed by atoms with Crippen LogP contribution in [0.5, 0.6) is 0 Å². The minimum absolute atomic E-state index is 0.144. The first-order valence-electron chi connectivity index (χ1n) is 15.1. The van der Waals surface area contributed by atoms with Crippen LogP contribution in [0.4, 0.5) is 0 Å². The molecule has 0 saturated heterocycles. The van der Waals surface area contributed by atoms with Gasteiger partial charge in [-0.05, 0) is 89.7 Å². The Balaban J connectivity index is 1.78. The fourth-order valence-electron chi connectivity index (χ4n) is 9.36. The Kier molecular flexibility index (Phi) is 8.60. The summed E-state index contributed by atoms with van der Waals surface area (Å²) in [6.45, 7) is 20.0. The summed E-state index contributed by atoms with van der Waals surface area (Å²) < 4.78 is 43.9. The van der Waals surface area contributed by atoms with Gasteiger partial charge in [-0.3, -0.25) is 9.35 Å². The highest BCUT2D eigenvalue weighted by Gasteiger charge is 2.65. The highest BCUT2D eigenvalue weighted by atomic mass is 32.3. The minimum atomic E-state index is -4.78. The number of fused-ring (bicyclic) bond motifs is 4. The topological polar surface area (TPSA) is 130 Å². The van der Waals surface area contributed by atoms with Crippen molar-refractivity contribution in [1.29, 1.82) is 0 Å². The lowest BCUT2D eigenvalue weighted by atomic mass is 9.45. The van der Waals surface area contributed by atoms with Gasteiger partial charge in [0.05, 0.1) is 6.10 Å². The van der Waals surface area contributed by atoms with E-state index in [1.165, 1.54) is 12.5 Å². The van der Waals surface area contributed by atoms with Crippen LogP contribution in [0.3, 0.4) is 0 Å². The lowest BCUT2D eigenvalue weighted by molar-refractivity contribution is -0.173. The SMILES string of the molecule is C=C(CC[C@@H](C)[C@H]1CC=C2C3=C([C@H](O)[C@@H](OC(C)=O)[C@@]21C)[C@@]1(C)C[C@@H](O)C(OS(=O)(=O)O)C(C)(C)C1CC3)C(C)C. The Labute approximate surface area is 246 Å². The predicted molar refractivity (Wildman–Crippen MR) is 157 cm³/mol. The van der Waals surface area contributed by atoms with Crippen molar-refractivity contribution in [3.63, 3.8) is 0 Å². The summed E-state index contributed by atoms with van der Waals surface area (Å²) in [7, 11) is -4.78. The van der Waals surface area contributed by atoms with Crippen LogP contribution in [0.1, 0.15) is 93.9 Å². The molecule has 0 heterocycles. The molecule has 0 bridgehead atoms. The van der Waals surface area contributed by atoms with E-state index in [1.54, 1.807) is 0 Å². The molecule has 4 aliphatic rings. The third-order valence-electron chi connectivity index (χ3n) is 11.4. The van der Waals surface area contributed by atoms with Gasteiger partial charge >= 0.3 is 16.4 Å². The van der Waals surface area contributed by atoms with Crippen LogP contribution in [0.25, 0.3) is 0 Å². The molecule has 0 spiro atoms. The van der Waals surface area contributed by atoms with E-state index in [2.05, 4.69) is 40.3 Å². The quantitative estimate of drug-likeness (QED) is 0.189. The number of aliphatic hydroxyl groups excluding tert-OH is 2. The van der Waals surface area contributed by atoms with E-state index in [0.717, 1.165) is 36.0 Å². The lowest BCUT2D eigenvalue weighted by Gasteiger charge is -2.62. The van der Waals surface area contributed by atoms with Crippen LogP contribution in [-0.2, 0) is 24.1 Å². The summed E-state index contributed by atoms with van der Waals surface area (Å²) in [4.78, 5) is 12.5. The fourth-order valence-corrected chi connectivity index (χ4v) is 10.0. The predicted octanol–water partition coefficient (Wildman–Crippen LogP) is 5.57. The maximum atomic E-state index is 12.5. The molecular weight excluding hydrogens is 544 g/mol. The van der Waals surface area contributed by atoms with Gasteiger partial charge in [0.1, 0.15) is 18.3 Å². The van der Waals surface area contributed by atoms with Crippen LogP contribution in [0.15, 0.2) is 34.9 Å². The number of hydrogen-bond donors (Lipinski definition) is 3. The van der Waals surface area contributed by atoms with Crippen molar-refractivity contribution in [2.75, 3.05) is 0 Å². The average molecular weight is 595 g/mol. The van der Waals surface area contributed by atoms with Gasteiger partial charge < -0.3 is 14.9 Å². The van der Waals surface area contributed by atoms with Crippen molar-refractivity contribution < 1.29 is 36.9 Å². The highest BCUT2D eigenvalue weighted by molar-refractivity contribution is 7.80. The third kappa shape index (κ3) is 5.39. The first-order chi connectivity index (χ1) is 18.8. The molecule has 232 valence electrons. The summed E-state index contributed by atoms with van der Waals surface area (Å²) in [5, 5.41) is 23.4. The average Bonchev–Trinajstić information content (AvgIpc) is 3.19. The molecule has 9 atom stereocenters. The molecule has 0 aromatic heterocycles. The molecule has 1 fully saturated rings. The largest absolute Gasteiger partial charge is 0.458 e. The van der Waals surface area contributed by atoms with E-state index in [-0.39, 0.29) is 18.3 Å². The Morgan fingerprint density at radius 3 is 2.34 bits per heavy atom. The second-order valence-electron chi connectivity index (χ2n) is 14.5. The standard InChI is InChI=1S/C32H50O8S/c1-17(2)18(3)10-11-19(4)22-13-14-23-21-12-15-25-30(6,7)28(40-41(36,37)38)24(34)16-31(25,8)26(21)27(35)29(32(22,23)9)39-20(5)33/h14,17,19,22,24-25,27-29,34-35H,3,10-13,15-16H2,1-2,4-9H3,(H,36,37,38)/t19-,22-,24-,25?,27+,28?,29-,31+,32-/m1/s1. The molecule has 0 aromatic carbocycles. The van der Waals surface area contributed by atoms with Crippen molar-refractivity contribution in [3.05, 3.63) is 34.9 Å². The molecule has 0 aliphatic heterocycles. The number of aliphatic hydroxyl groups is 2. The van der Waals surface area contributed by atoms with E-state index in [9.17, 15) is 28.0 Å². The van der Waals surface area contributed by atoms with Crippen molar-refractivity contribution in [3.8, 4) is 0 Å². The number of carbonyl (C=O) groups excluding carboxylic acids is 1. The van der Waals surface area contributed by atoms with Crippen LogP contribution in [0, 0.1) is 39.9 Å². The van der Waals surface area contributed by atoms with Crippen molar-refractivity contribution in [2.45, 2.75) is 118 Å². The van der Waals surface area contributed by atoms with E-state index in [1.807, 2.05) is 20.8 Å². The summed E-state index contributed by atoms with van der Waals surface area (Å²) in [6, 6.07) is 0. The van der Waals surface area contributed by atoms with Crippen LogP contribution in [-0.4, -0.2) is 53.6 Å². The molecule has 8 nitrogen and oxygen atoms in total. The first kappa shape index (κ1) is 32.4. The smallest absolute Gasteiger partial charge is 0.397 e.